The van der Waals surface area contributed by atoms with Crippen molar-refractivity contribution >= 4 is 11.7 Å². The van der Waals surface area contributed by atoms with Crippen LogP contribution >= 0.6 is 0 Å². The lowest BCUT2D eigenvalue weighted by atomic mass is 10.1. The Labute approximate surface area is 120 Å². The molecule has 2 aromatic rings. The predicted molar refractivity (Wildman–Crippen MR) is 74.8 cm³/mol. The van der Waals surface area contributed by atoms with Crippen LogP contribution in [0.4, 0.5) is 19.3 Å². The highest BCUT2D eigenvalue weighted by Crippen LogP contribution is 2.14. The maximum Gasteiger partial charge on any atom is 0.319 e. The number of rotatable bonds is 4. The summed E-state index contributed by atoms with van der Waals surface area (Å²) >= 11 is 0. The lowest BCUT2D eigenvalue weighted by Gasteiger charge is -2.17. The number of aliphatic hydroxyl groups excluding tert-OH is 1. The van der Waals surface area contributed by atoms with E-state index in [0.717, 1.165) is 17.7 Å². The molecular formula is C15H14F2N2O2. The molecule has 6 heteroatoms. The molecule has 2 amide bonds. The van der Waals surface area contributed by atoms with Crippen LogP contribution in [0.25, 0.3) is 0 Å². The molecule has 4 nitrogen and oxygen atoms in total. The smallest absolute Gasteiger partial charge is 0.319 e. The van der Waals surface area contributed by atoms with Crippen molar-refractivity contribution < 1.29 is 18.7 Å². The van der Waals surface area contributed by atoms with Crippen LogP contribution in [0.2, 0.25) is 0 Å². The van der Waals surface area contributed by atoms with Gasteiger partial charge in [-0.2, -0.15) is 0 Å². The van der Waals surface area contributed by atoms with Crippen molar-refractivity contribution in [2.24, 2.45) is 0 Å². The average molecular weight is 292 g/mol. The molecule has 2 rings (SSSR count). The molecule has 3 N–H and O–H groups in total. The molecule has 0 fully saturated rings. The van der Waals surface area contributed by atoms with Gasteiger partial charge >= 0.3 is 6.03 Å². The minimum absolute atomic E-state index is 0.00486. The summed E-state index contributed by atoms with van der Waals surface area (Å²) < 4.78 is 26.0. The van der Waals surface area contributed by atoms with Crippen LogP contribution in [0, 0.1) is 11.6 Å². The van der Waals surface area contributed by atoms with E-state index in [1.54, 1.807) is 24.3 Å². The van der Waals surface area contributed by atoms with E-state index >= 15 is 0 Å². The molecule has 0 saturated heterocycles. The van der Waals surface area contributed by atoms with E-state index in [-0.39, 0.29) is 12.3 Å². The van der Waals surface area contributed by atoms with Gasteiger partial charge in [0.25, 0.3) is 0 Å². The summed E-state index contributed by atoms with van der Waals surface area (Å²) in [5.74, 6) is -1.57. The second kappa shape index (κ2) is 6.81. The predicted octanol–water partition coefficient (Wildman–Crippen LogP) is 2.82. The van der Waals surface area contributed by atoms with Crippen LogP contribution in [0.5, 0.6) is 0 Å². The van der Waals surface area contributed by atoms with Crippen molar-refractivity contribution in [2.45, 2.75) is 6.04 Å². The molecule has 2 aromatic carbocycles. The summed E-state index contributed by atoms with van der Waals surface area (Å²) in [6.45, 7) is -0.297. The third-order valence-corrected chi connectivity index (χ3v) is 2.81. The highest BCUT2D eigenvalue weighted by molar-refractivity contribution is 5.89. The summed E-state index contributed by atoms with van der Waals surface area (Å²) in [6.07, 6.45) is 0. The zero-order chi connectivity index (χ0) is 15.2. The van der Waals surface area contributed by atoms with Gasteiger partial charge in [0.05, 0.1) is 12.6 Å². The van der Waals surface area contributed by atoms with Gasteiger partial charge in [0.15, 0.2) is 0 Å². The fourth-order valence-corrected chi connectivity index (χ4v) is 1.87. The van der Waals surface area contributed by atoms with Crippen molar-refractivity contribution in [2.75, 3.05) is 11.9 Å². The summed E-state index contributed by atoms with van der Waals surface area (Å²) in [5, 5.41) is 14.2. The molecule has 21 heavy (non-hydrogen) atoms. The number of hydrogen-bond acceptors (Lipinski definition) is 2. The molecule has 0 radical (unpaired) electrons. The first-order chi connectivity index (χ1) is 10.1. The number of urea groups is 1. The van der Waals surface area contributed by atoms with Crippen LogP contribution in [0.3, 0.4) is 0 Å². The van der Waals surface area contributed by atoms with Crippen LogP contribution in [-0.4, -0.2) is 17.7 Å². The Balaban J connectivity index is 2.03. The largest absolute Gasteiger partial charge is 0.394 e. The van der Waals surface area contributed by atoms with Gasteiger partial charge < -0.3 is 15.7 Å². The number of aliphatic hydroxyl groups is 1. The molecule has 0 aliphatic carbocycles. The Morgan fingerprint density at radius 2 is 1.71 bits per heavy atom. The van der Waals surface area contributed by atoms with Crippen molar-refractivity contribution in [3.8, 4) is 0 Å². The van der Waals surface area contributed by atoms with Crippen molar-refractivity contribution in [1.29, 1.82) is 0 Å². The van der Waals surface area contributed by atoms with Crippen molar-refractivity contribution in [3.63, 3.8) is 0 Å². The average Bonchev–Trinajstić information content (AvgIpc) is 2.44. The number of amides is 2. The fraction of sp³-hybridized carbons (Fsp3) is 0.133. The van der Waals surface area contributed by atoms with Gasteiger partial charge in [0, 0.05) is 11.8 Å². The fourth-order valence-electron chi connectivity index (χ4n) is 1.87. The van der Waals surface area contributed by atoms with Gasteiger partial charge in [-0.15, -0.1) is 0 Å². The highest BCUT2D eigenvalue weighted by Gasteiger charge is 2.13. The molecule has 0 saturated carbocycles. The Morgan fingerprint density at radius 3 is 2.29 bits per heavy atom. The van der Waals surface area contributed by atoms with E-state index < -0.39 is 23.7 Å². The minimum Gasteiger partial charge on any atom is -0.394 e. The van der Waals surface area contributed by atoms with Crippen LogP contribution in [-0.2, 0) is 0 Å². The second-order valence-electron chi connectivity index (χ2n) is 4.40. The quantitative estimate of drug-likeness (QED) is 0.811. The van der Waals surface area contributed by atoms with Crippen LogP contribution in [0.1, 0.15) is 11.6 Å². The van der Waals surface area contributed by atoms with Gasteiger partial charge in [-0.05, 0) is 17.7 Å². The number of anilines is 1. The van der Waals surface area contributed by atoms with Gasteiger partial charge in [-0.3, -0.25) is 0 Å². The lowest BCUT2D eigenvalue weighted by Crippen LogP contribution is -2.34. The molecule has 0 heterocycles. The van der Waals surface area contributed by atoms with E-state index in [1.165, 1.54) is 0 Å². The van der Waals surface area contributed by atoms with E-state index in [0.29, 0.717) is 6.07 Å². The number of carbonyl (C=O) groups is 1. The minimum atomic E-state index is -0.785. The van der Waals surface area contributed by atoms with Crippen molar-refractivity contribution in [3.05, 3.63) is 65.7 Å². The first-order valence-electron chi connectivity index (χ1n) is 6.28. The van der Waals surface area contributed by atoms with E-state index in [1.807, 2.05) is 6.07 Å². The molecule has 0 bridgehead atoms. The zero-order valence-electron chi connectivity index (χ0n) is 11.0. The topological polar surface area (TPSA) is 61.4 Å². The number of carbonyl (C=O) groups excluding carboxylic acids is 1. The molecular weight excluding hydrogens is 278 g/mol. The number of benzene rings is 2. The normalized spacial score (nSPS) is 11.8. The number of halogens is 2. The van der Waals surface area contributed by atoms with Crippen LogP contribution in [0.15, 0.2) is 48.5 Å². The first kappa shape index (κ1) is 14.9. The summed E-state index contributed by atoms with van der Waals surface area (Å²) in [4.78, 5) is 11.8. The zero-order valence-corrected chi connectivity index (χ0v) is 11.0. The Morgan fingerprint density at radius 1 is 1.10 bits per heavy atom. The van der Waals surface area contributed by atoms with Gasteiger partial charge in [0.2, 0.25) is 0 Å². The molecule has 0 aromatic heterocycles. The molecule has 110 valence electrons. The van der Waals surface area contributed by atoms with Gasteiger partial charge in [0.1, 0.15) is 11.6 Å². The molecule has 1 unspecified atom stereocenters. The maximum atomic E-state index is 13.0. The molecule has 0 spiro atoms. The van der Waals surface area contributed by atoms with E-state index in [2.05, 4.69) is 10.6 Å². The monoisotopic (exact) mass is 292 g/mol. The molecule has 1 atom stereocenters. The third-order valence-electron chi connectivity index (χ3n) is 2.81. The first-order valence-corrected chi connectivity index (χ1v) is 6.28. The number of hydrogen-bond donors (Lipinski definition) is 3. The SMILES string of the molecule is O=C(Nc1cc(F)cc(F)c1)NC(CO)c1ccccc1. The Bertz CT molecular complexity index is 600. The standard InChI is InChI=1S/C15H14F2N2O2/c16-11-6-12(17)8-13(7-11)18-15(21)19-14(9-20)10-4-2-1-3-5-10/h1-8,14,20H,9H2,(H2,18,19,21). The Kier molecular flexibility index (Phi) is 4.84. The van der Waals surface area contributed by atoms with E-state index in [4.69, 9.17) is 0 Å². The molecule has 0 aliphatic heterocycles. The van der Waals surface area contributed by atoms with Gasteiger partial charge in [-0.1, -0.05) is 30.3 Å². The summed E-state index contributed by atoms with van der Waals surface area (Å²) in [7, 11) is 0. The third kappa shape index (κ3) is 4.25. The van der Waals surface area contributed by atoms with Crippen molar-refractivity contribution in [1.82, 2.24) is 5.32 Å². The summed E-state index contributed by atoms with van der Waals surface area (Å²) in [6, 6.07) is 10.3. The molecule has 0 aliphatic rings. The van der Waals surface area contributed by atoms with E-state index in [9.17, 15) is 18.7 Å². The van der Waals surface area contributed by atoms with Crippen LogP contribution < -0.4 is 10.6 Å². The second-order valence-corrected chi connectivity index (χ2v) is 4.40. The number of nitrogens with one attached hydrogen (secondary N) is 2. The lowest BCUT2D eigenvalue weighted by molar-refractivity contribution is 0.225. The Hall–Kier alpha value is -2.47. The van der Waals surface area contributed by atoms with Gasteiger partial charge in [-0.25, -0.2) is 13.6 Å². The maximum absolute atomic E-state index is 13.0. The highest BCUT2D eigenvalue weighted by atomic mass is 19.1. The summed E-state index contributed by atoms with van der Waals surface area (Å²) in [5.41, 5.74) is 0.718.